The van der Waals surface area contributed by atoms with Gasteiger partial charge >= 0.3 is 6.03 Å². The third-order valence-electron chi connectivity index (χ3n) is 5.53. The zero-order chi connectivity index (χ0) is 21.8. The summed E-state index contributed by atoms with van der Waals surface area (Å²) in [5.74, 6) is 0.660. The number of hydrogen-bond donors (Lipinski definition) is 1. The lowest BCUT2D eigenvalue weighted by atomic mass is 10.1. The van der Waals surface area contributed by atoms with Crippen LogP contribution in [0.5, 0.6) is 5.75 Å². The number of likely N-dealkylation sites (tertiary alicyclic amines) is 1. The molecule has 6 nitrogen and oxygen atoms in total. The second-order valence-corrected chi connectivity index (χ2v) is 10.4. The van der Waals surface area contributed by atoms with Crippen molar-refractivity contribution in [3.8, 4) is 16.9 Å². The summed E-state index contributed by atoms with van der Waals surface area (Å²) in [6, 6.07) is 16.0. The molecule has 0 saturated carbocycles. The van der Waals surface area contributed by atoms with Crippen LogP contribution in [0.25, 0.3) is 11.1 Å². The summed E-state index contributed by atoms with van der Waals surface area (Å²) in [5, 5.41) is 6.40. The molecule has 162 valence electrons. The topological polar surface area (TPSA) is 75.7 Å². The molecule has 2 aromatic carbocycles. The molecule has 0 unspecified atom stereocenters. The number of methoxy groups -OCH3 is 1. The highest BCUT2D eigenvalue weighted by Crippen LogP contribution is 2.28. The summed E-state index contributed by atoms with van der Waals surface area (Å²) < 4.78 is 31.4. The summed E-state index contributed by atoms with van der Waals surface area (Å²) in [5.41, 5.74) is 2.73. The minimum atomic E-state index is -3.44. The third-order valence-corrected chi connectivity index (χ3v) is 8.49. The van der Waals surface area contributed by atoms with E-state index in [9.17, 15) is 13.2 Å². The maximum atomic E-state index is 13.1. The number of carbonyl (C=O) groups is 1. The van der Waals surface area contributed by atoms with E-state index < -0.39 is 15.1 Å². The Morgan fingerprint density at radius 2 is 1.81 bits per heavy atom. The third kappa shape index (κ3) is 4.75. The maximum Gasteiger partial charge on any atom is 0.321 e. The van der Waals surface area contributed by atoms with Gasteiger partial charge in [0.2, 0.25) is 0 Å². The minimum Gasteiger partial charge on any atom is -0.497 e. The SMILES string of the molecule is COc1cccc(NC(=O)N2CCC(S(=O)(=O)c3ccc(-c4ccsc4)cc3)CC2)c1. The summed E-state index contributed by atoms with van der Waals surface area (Å²) in [7, 11) is -1.87. The van der Waals surface area contributed by atoms with Crippen molar-refractivity contribution in [1.29, 1.82) is 0 Å². The number of carbonyl (C=O) groups excluding carboxylic acids is 1. The molecule has 1 aromatic heterocycles. The Hall–Kier alpha value is -2.84. The summed E-state index contributed by atoms with van der Waals surface area (Å²) in [6.45, 7) is 0.791. The molecule has 3 aromatic rings. The number of thiophene rings is 1. The van der Waals surface area contributed by atoms with Gasteiger partial charge in [-0.2, -0.15) is 11.3 Å². The monoisotopic (exact) mass is 456 g/mol. The molecule has 2 heterocycles. The van der Waals surface area contributed by atoms with Crippen molar-refractivity contribution in [2.75, 3.05) is 25.5 Å². The maximum absolute atomic E-state index is 13.1. The Kier molecular flexibility index (Phi) is 6.29. The molecule has 0 aliphatic carbocycles. The molecular formula is C23H24N2O4S2. The summed E-state index contributed by atoms with van der Waals surface area (Å²) >= 11 is 1.61. The Labute approximate surface area is 186 Å². The average Bonchev–Trinajstić information content (AvgIpc) is 3.34. The van der Waals surface area contributed by atoms with E-state index in [4.69, 9.17) is 4.74 Å². The molecule has 0 bridgehead atoms. The van der Waals surface area contributed by atoms with Crippen LogP contribution in [0.15, 0.2) is 70.3 Å². The number of rotatable bonds is 5. The van der Waals surface area contributed by atoms with Crippen molar-refractivity contribution in [2.24, 2.45) is 0 Å². The lowest BCUT2D eigenvalue weighted by molar-refractivity contribution is 0.200. The molecule has 0 atom stereocenters. The predicted octanol–water partition coefficient (Wildman–Crippen LogP) is 4.89. The van der Waals surface area contributed by atoms with Crippen LogP contribution in [0.3, 0.4) is 0 Å². The number of piperidine rings is 1. The highest BCUT2D eigenvalue weighted by atomic mass is 32.2. The fourth-order valence-electron chi connectivity index (χ4n) is 3.73. The van der Waals surface area contributed by atoms with Gasteiger partial charge in [-0.15, -0.1) is 0 Å². The standard InChI is InChI=1S/C23H24N2O4S2/c1-29-20-4-2-3-19(15-20)24-23(26)25-12-9-22(10-13-25)31(27,28)21-7-5-17(6-8-21)18-11-14-30-16-18/h2-8,11,14-16,22H,9-10,12-13H2,1H3,(H,24,26). The number of nitrogens with one attached hydrogen (secondary N) is 1. The van der Waals surface area contributed by atoms with Crippen LogP contribution < -0.4 is 10.1 Å². The van der Waals surface area contributed by atoms with Crippen molar-refractivity contribution in [2.45, 2.75) is 23.0 Å². The van der Waals surface area contributed by atoms with Gasteiger partial charge in [0.15, 0.2) is 9.84 Å². The normalized spacial score (nSPS) is 14.9. The first kappa shape index (κ1) is 21.4. The van der Waals surface area contributed by atoms with Crippen molar-refractivity contribution in [3.05, 3.63) is 65.4 Å². The van der Waals surface area contributed by atoms with Crippen LogP contribution in [0.2, 0.25) is 0 Å². The van der Waals surface area contributed by atoms with E-state index in [1.807, 2.05) is 29.0 Å². The van der Waals surface area contributed by atoms with Gasteiger partial charge in [-0.3, -0.25) is 0 Å². The van der Waals surface area contributed by atoms with Gasteiger partial charge in [0.1, 0.15) is 5.75 Å². The van der Waals surface area contributed by atoms with Crippen molar-refractivity contribution < 1.29 is 17.9 Å². The number of sulfone groups is 1. The van der Waals surface area contributed by atoms with Crippen molar-refractivity contribution in [1.82, 2.24) is 4.90 Å². The number of urea groups is 1. The van der Waals surface area contributed by atoms with Crippen LogP contribution in [0.1, 0.15) is 12.8 Å². The lowest BCUT2D eigenvalue weighted by Crippen LogP contribution is -2.44. The van der Waals surface area contributed by atoms with Gasteiger partial charge in [0, 0.05) is 24.8 Å². The van der Waals surface area contributed by atoms with Gasteiger partial charge in [0.25, 0.3) is 0 Å². The fourth-order valence-corrected chi connectivity index (χ4v) is 6.13. The zero-order valence-corrected chi connectivity index (χ0v) is 18.8. The fraction of sp³-hybridized carbons (Fsp3) is 0.261. The van der Waals surface area contributed by atoms with Crippen LogP contribution in [0.4, 0.5) is 10.5 Å². The van der Waals surface area contributed by atoms with Gasteiger partial charge in [-0.25, -0.2) is 13.2 Å². The minimum absolute atomic E-state index is 0.232. The van der Waals surface area contributed by atoms with Gasteiger partial charge in [-0.05, 0) is 65.1 Å². The smallest absolute Gasteiger partial charge is 0.321 e. The quantitative estimate of drug-likeness (QED) is 0.593. The predicted molar refractivity (Wildman–Crippen MR) is 124 cm³/mol. The zero-order valence-electron chi connectivity index (χ0n) is 17.2. The molecule has 1 aliphatic rings. The molecule has 31 heavy (non-hydrogen) atoms. The Bertz CT molecular complexity index is 1130. The highest BCUT2D eigenvalue weighted by molar-refractivity contribution is 7.92. The first-order chi connectivity index (χ1) is 15.0. The van der Waals surface area contributed by atoms with Crippen LogP contribution in [-0.4, -0.2) is 44.8 Å². The van der Waals surface area contributed by atoms with E-state index in [0.29, 0.717) is 42.3 Å². The van der Waals surface area contributed by atoms with Crippen LogP contribution >= 0.6 is 11.3 Å². The molecule has 2 amide bonds. The largest absolute Gasteiger partial charge is 0.497 e. The first-order valence-electron chi connectivity index (χ1n) is 10.0. The van der Waals surface area contributed by atoms with Crippen molar-refractivity contribution >= 4 is 32.9 Å². The Balaban J connectivity index is 1.37. The van der Waals surface area contributed by atoms with Gasteiger partial charge in [0.05, 0.1) is 17.3 Å². The van der Waals surface area contributed by atoms with Crippen LogP contribution in [-0.2, 0) is 9.84 Å². The van der Waals surface area contributed by atoms with E-state index in [2.05, 4.69) is 5.32 Å². The Morgan fingerprint density at radius 3 is 2.45 bits per heavy atom. The number of nitrogens with zero attached hydrogens (tertiary/aromatic N) is 1. The number of hydrogen-bond acceptors (Lipinski definition) is 5. The second kappa shape index (κ2) is 9.11. The molecule has 1 fully saturated rings. The summed E-state index contributed by atoms with van der Waals surface area (Å²) in [6.07, 6.45) is 0.834. The molecule has 1 N–H and O–H groups in total. The van der Waals surface area contributed by atoms with Gasteiger partial charge in [-0.1, -0.05) is 18.2 Å². The van der Waals surface area contributed by atoms with E-state index in [1.165, 1.54) is 0 Å². The molecule has 0 spiro atoms. The van der Waals surface area contributed by atoms with E-state index in [-0.39, 0.29) is 6.03 Å². The van der Waals surface area contributed by atoms with Gasteiger partial charge < -0.3 is 15.0 Å². The average molecular weight is 457 g/mol. The molecule has 1 aliphatic heterocycles. The van der Waals surface area contributed by atoms with E-state index >= 15 is 0 Å². The molecule has 1 saturated heterocycles. The highest BCUT2D eigenvalue weighted by Gasteiger charge is 2.32. The van der Waals surface area contributed by atoms with Crippen molar-refractivity contribution in [3.63, 3.8) is 0 Å². The molecule has 0 radical (unpaired) electrons. The molecular weight excluding hydrogens is 432 g/mol. The first-order valence-corrected chi connectivity index (χ1v) is 12.5. The number of benzene rings is 2. The summed E-state index contributed by atoms with van der Waals surface area (Å²) in [4.78, 5) is 14.6. The number of anilines is 1. The van der Waals surface area contributed by atoms with E-state index in [1.54, 1.807) is 59.7 Å². The Morgan fingerprint density at radius 1 is 1.06 bits per heavy atom. The number of ether oxygens (including phenoxy) is 1. The molecule has 8 heteroatoms. The number of amides is 2. The van der Waals surface area contributed by atoms with Crippen LogP contribution in [0, 0.1) is 0 Å². The second-order valence-electron chi connectivity index (χ2n) is 7.43. The van der Waals surface area contributed by atoms with E-state index in [0.717, 1.165) is 11.1 Å². The molecule has 4 rings (SSSR count). The lowest BCUT2D eigenvalue weighted by Gasteiger charge is -2.31.